The number of aliphatic hydroxyl groups is 3. The molecule has 1 heterocycles. The highest BCUT2D eigenvalue weighted by Crippen LogP contribution is 2.23. The van der Waals surface area contributed by atoms with Gasteiger partial charge in [-0.25, -0.2) is 4.79 Å². The minimum atomic E-state index is -1.92. The van der Waals surface area contributed by atoms with Gasteiger partial charge in [-0.05, 0) is 115 Å². The molecule has 0 aliphatic carbocycles. The van der Waals surface area contributed by atoms with Gasteiger partial charge < -0.3 is 152 Å². The zero-order valence-corrected chi connectivity index (χ0v) is 64.5. The average Bonchev–Trinajstić information content (AvgIpc) is 1.45. The number of amides is 14. The Morgan fingerprint density at radius 3 is 1.22 bits per heavy atom. The lowest BCUT2D eigenvalue weighted by Gasteiger charge is -2.33. The number of carbonyl (C=O) groups is 16. The van der Waals surface area contributed by atoms with E-state index in [4.69, 9.17) is 62.4 Å². The topological polar surface area (TPSA) is 819 Å². The number of primary amides is 1. The Kier molecular flexibility index (Phi) is 48.9. The highest BCUT2D eigenvalue weighted by molar-refractivity contribution is 7.80. The molecule has 0 saturated carbocycles. The van der Waals surface area contributed by atoms with Crippen LogP contribution in [0.5, 0.6) is 0 Å². The van der Waals surface area contributed by atoms with Crippen molar-refractivity contribution in [1.29, 1.82) is 0 Å². The summed E-state index contributed by atoms with van der Waals surface area (Å²) < 4.78 is 0. The number of nitrogens with one attached hydrogen (secondary N) is 12. The van der Waals surface area contributed by atoms with E-state index in [-0.39, 0.29) is 128 Å². The summed E-state index contributed by atoms with van der Waals surface area (Å²) in [5.74, 6) is -19.1. The van der Waals surface area contributed by atoms with Crippen LogP contribution in [-0.4, -0.2) is 293 Å². The Hall–Kier alpha value is -10.6. The third-order valence-corrected chi connectivity index (χ3v) is 17.9. The van der Waals surface area contributed by atoms with E-state index in [1.165, 1.54) is 4.90 Å². The normalized spacial score (nSPS) is 15.8. The summed E-state index contributed by atoms with van der Waals surface area (Å²) in [6, 6.07) is -20.1. The maximum Gasteiger partial charge on any atom is 0.326 e. The number of hydrogen-bond donors (Lipinski definition) is 28. The Labute approximate surface area is 657 Å². The lowest BCUT2D eigenvalue weighted by Crippen LogP contribution is -2.61. The van der Waals surface area contributed by atoms with Crippen LogP contribution in [0.15, 0.2) is 15.0 Å². The van der Waals surface area contributed by atoms with Crippen molar-refractivity contribution < 1.29 is 102 Å². The van der Waals surface area contributed by atoms with Crippen LogP contribution < -0.4 is 121 Å². The fourth-order valence-corrected chi connectivity index (χ4v) is 11.2. The van der Waals surface area contributed by atoms with Gasteiger partial charge in [0.2, 0.25) is 82.7 Å². The molecule has 0 aromatic rings. The van der Waals surface area contributed by atoms with Gasteiger partial charge in [-0.15, -0.1) is 0 Å². The molecule has 640 valence electrons. The number of carboxylic acids is 2. The number of guanidine groups is 3. The maximum atomic E-state index is 14.8. The third-order valence-electron chi connectivity index (χ3n) is 17.5. The van der Waals surface area contributed by atoms with Crippen molar-refractivity contribution in [1.82, 2.24) is 68.7 Å². The number of likely N-dealkylation sites (tertiary alicyclic amines) is 1. The number of nitrogens with zero attached hydrogens (tertiary/aromatic N) is 4. The first kappa shape index (κ1) is 100. The van der Waals surface area contributed by atoms with Gasteiger partial charge in [0.25, 0.3) is 0 Å². The van der Waals surface area contributed by atoms with Crippen LogP contribution in [-0.2, 0) is 76.7 Å². The molecule has 14 atom stereocenters. The van der Waals surface area contributed by atoms with Crippen LogP contribution in [0, 0.1) is 5.92 Å². The van der Waals surface area contributed by atoms with E-state index in [1.54, 1.807) is 13.8 Å². The van der Waals surface area contributed by atoms with Gasteiger partial charge in [0.15, 0.2) is 17.9 Å². The van der Waals surface area contributed by atoms with E-state index in [1.807, 2.05) is 0 Å². The van der Waals surface area contributed by atoms with Gasteiger partial charge in [0.1, 0.15) is 72.5 Å². The van der Waals surface area contributed by atoms with Gasteiger partial charge >= 0.3 is 11.9 Å². The monoisotopic (exact) mass is 1630 g/mol. The Morgan fingerprint density at radius 1 is 0.451 bits per heavy atom. The number of carbonyl (C=O) groups excluding carboxylic acids is 14. The molecule has 1 aliphatic heterocycles. The van der Waals surface area contributed by atoms with Crippen LogP contribution in [0.1, 0.15) is 136 Å². The zero-order chi connectivity index (χ0) is 85.4. The van der Waals surface area contributed by atoms with Crippen molar-refractivity contribution in [3.8, 4) is 0 Å². The van der Waals surface area contributed by atoms with Crippen LogP contribution in [0.25, 0.3) is 0 Å². The molecular formula is C65H118N26O21S. The molecule has 0 aromatic carbocycles. The first-order valence-corrected chi connectivity index (χ1v) is 37.5. The van der Waals surface area contributed by atoms with Crippen molar-refractivity contribution in [2.45, 2.75) is 214 Å². The number of rotatable bonds is 58. The van der Waals surface area contributed by atoms with Crippen LogP contribution >= 0.6 is 12.6 Å². The number of unbranched alkanes of at least 4 members (excludes halogenated alkanes) is 2. The van der Waals surface area contributed by atoms with Crippen LogP contribution in [0.3, 0.4) is 0 Å². The molecule has 0 unspecified atom stereocenters. The molecule has 1 fully saturated rings. The molecule has 14 amide bonds. The lowest BCUT2D eigenvalue weighted by atomic mass is 9.96. The van der Waals surface area contributed by atoms with Gasteiger partial charge in [-0.1, -0.05) is 26.7 Å². The van der Waals surface area contributed by atoms with E-state index in [9.17, 15) is 97.1 Å². The van der Waals surface area contributed by atoms with Gasteiger partial charge in [-0.3, -0.25) is 86.9 Å². The molecule has 113 heavy (non-hydrogen) atoms. The van der Waals surface area contributed by atoms with Crippen LogP contribution in [0.2, 0.25) is 0 Å². The second kappa shape index (κ2) is 55.0. The Morgan fingerprint density at radius 2 is 0.823 bits per heavy atom. The minimum Gasteiger partial charge on any atom is -0.481 e. The smallest absolute Gasteiger partial charge is 0.326 e. The summed E-state index contributed by atoms with van der Waals surface area (Å²) in [4.78, 5) is 228. The molecule has 1 aliphatic rings. The van der Waals surface area contributed by atoms with Crippen LogP contribution in [0.4, 0.5) is 0 Å². The largest absolute Gasteiger partial charge is 0.481 e. The molecule has 47 nitrogen and oxygen atoms in total. The van der Waals surface area contributed by atoms with E-state index in [2.05, 4.69) is 91.4 Å². The zero-order valence-electron chi connectivity index (χ0n) is 63.6. The molecule has 0 aromatic heterocycles. The van der Waals surface area contributed by atoms with E-state index in [0.717, 1.165) is 0 Å². The number of hydrogen-bond acceptors (Lipinski definition) is 26. The Bertz CT molecular complexity index is 3260. The SMILES string of the molecule is CC[C@H](C)[C@H](NC(=O)[C@H](CCCCN)NC(=O)[C@H](CO)NC(=O)[C@H](CCCN=C(N)N)NC(=O)[C@@H](N)CCCCN)C(=O)N1CCC[C@H]1C(=O)N[C@@H](CCCN=C(N)N)C(=O)N[C@@H](CO)C(=O)N[C@@H](CCC(N)=O)C(=O)NCC(=O)N[C@@H](CS)C(=O)N[C@@H](CO)C(=O)N[C@@H](CCCN=C(N)N)C(=O)N[C@@H](CCC(=O)O)C(=O)O. The summed E-state index contributed by atoms with van der Waals surface area (Å²) in [5, 5.41) is 78.2. The standard InChI is InChI=1S/C65H118N26O21S/c1-3-33(2)49(90-55(104)35(13-5-7-23-67)82-56(105)41(29-92)87-53(102)36(14-8-24-76-63(70)71)81-50(99)34(68)12-4-6-22-66)61(110)91-27-11-17-45(91)60(109)85-38(16-10-26-78-65(74)75)54(103)88-42(30-93)58(107)84-39(18-20-46(69)95)51(100)79-28-47(96)80-44(32-113)59(108)89-43(31-94)57(106)83-37(15-9-25-77-64(72)73)52(101)86-40(62(111)112)19-21-48(97)98/h33-45,49,92-94,113H,3-32,66-68H2,1-2H3,(H2,69,95)(H,79,100)(H,80,96)(H,81,99)(H,82,105)(H,83,106)(H,84,107)(H,85,109)(H,86,101)(H,87,102)(H,88,103)(H,89,108)(H,90,104)(H,97,98)(H,111,112)(H4,70,71,76)(H4,72,73,77)(H4,74,75,78)/t33-,34-,35-,36-,37-,38-,39-,40-,41-,42-,43-,44-,45-,49-/m0/s1. The van der Waals surface area contributed by atoms with Gasteiger partial charge in [0, 0.05) is 44.8 Å². The number of thiol groups is 1. The van der Waals surface area contributed by atoms with Crippen molar-refractivity contribution in [3.05, 3.63) is 0 Å². The lowest BCUT2D eigenvalue weighted by molar-refractivity contribution is -0.144. The van der Waals surface area contributed by atoms with Crippen molar-refractivity contribution in [2.75, 3.05) is 71.4 Å². The predicted octanol–water partition coefficient (Wildman–Crippen LogP) is -12.7. The number of carboxylic acid groups (broad SMARTS) is 2. The predicted molar refractivity (Wildman–Crippen MR) is 410 cm³/mol. The summed E-state index contributed by atoms with van der Waals surface area (Å²) in [6.07, 6.45) is -0.178. The molecule has 1 rings (SSSR count). The van der Waals surface area contributed by atoms with Crippen molar-refractivity contribution in [3.63, 3.8) is 0 Å². The van der Waals surface area contributed by atoms with E-state index >= 15 is 0 Å². The second-order valence-corrected chi connectivity index (χ2v) is 26.8. The molecule has 1 saturated heterocycles. The average molecular weight is 1630 g/mol. The van der Waals surface area contributed by atoms with E-state index < -0.39 is 237 Å². The summed E-state index contributed by atoms with van der Waals surface area (Å²) in [6.45, 7) is -0.437. The minimum absolute atomic E-state index is 0.00312. The highest BCUT2D eigenvalue weighted by atomic mass is 32.1. The van der Waals surface area contributed by atoms with Gasteiger partial charge in [0.05, 0.1) is 32.4 Å². The highest BCUT2D eigenvalue weighted by Gasteiger charge is 2.42. The van der Waals surface area contributed by atoms with Crippen molar-refractivity contribution in [2.24, 2.45) is 78.2 Å². The molecule has 0 radical (unpaired) electrons. The quantitative estimate of drug-likeness (QED) is 0.0116. The van der Waals surface area contributed by atoms with Crippen molar-refractivity contribution >= 4 is 125 Å². The molecule has 0 bridgehead atoms. The fraction of sp³-hybridized carbons (Fsp3) is 0.708. The second-order valence-electron chi connectivity index (χ2n) is 26.5. The number of aliphatic hydroxyl groups excluding tert-OH is 3. The van der Waals surface area contributed by atoms with E-state index in [0.29, 0.717) is 25.8 Å². The summed E-state index contributed by atoms with van der Waals surface area (Å²) in [5.41, 5.74) is 55.5. The first-order valence-electron chi connectivity index (χ1n) is 36.8. The first-order chi connectivity index (χ1) is 53.4. The third kappa shape index (κ3) is 39.5. The number of aliphatic imine (C=N–C) groups is 3. The number of aliphatic carboxylic acids is 2. The summed E-state index contributed by atoms with van der Waals surface area (Å²) in [7, 11) is 0. The molecule has 48 heteroatoms. The maximum absolute atomic E-state index is 14.8. The molecule has 37 N–H and O–H groups in total. The fourth-order valence-electron chi connectivity index (χ4n) is 11.0. The number of nitrogens with two attached hydrogens (primary N) is 10. The molecular weight excluding hydrogens is 1510 g/mol. The summed E-state index contributed by atoms with van der Waals surface area (Å²) >= 11 is 4.07. The Balaban J connectivity index is 3.44. The molecule has 0 spiro atoms. The van der Waals surface area contributed by atoms with Gasteiger partial charge in [-0.2, -0.15) is 12.6 Å².